The Morgan fingerprint density at radius 1 is 1.11 bits per heavy atom. The largest absolute Gasteiger partial charge is 0.491 e. The van der Waals surface area contributed by atoms with Gasteiger partial charge in [0.25, 0.3) is 11.7 Å². The fourth-order valence-electron chi connectivity index (χ4n) is 3.61. The second kappa shape index (κ2) is 7.72. The van der Waals surface area contributed by atoms with Crippen LogP contribution in [-0.2, 0) is 0 Å². The van der Waals surface area contributed by atoms with E-state index in [-0.39, 0.29) is 5.91 Å². The Morgan fingerprint density at radius 3 is 2.64 bits per heavy atom. The van der Waals surface area contributed by atoms with Gasteiger partial charge in [0.05, 0.1) is 5.56 Å². The number of amides is 1. The zero-order valence-corrected chi connectivity index (χ0v) is 16.4. The number of likely N-dealkylation sites (N-methyl/N-ethyl adjacent to an activating group) is 1. The van der Waals surface area contributed by atoms with Gasteiger partial charge in [-0.05, 0) is 51.2 Å². The fourth-order valence-corrected chi connectivity index (χ4v) is 3.61. The van der Waals surface area contributed by atoms with Crippen LogP contribution in [-0.4, -0.2) is 43.8 Å². The third kappa shape index (κ3) is 3.92. The number of nitrogens with one attached hydrogen (secondary N) is 1. The van der Waals surface area contributed by atoms with Crippen LogP contribution in [0.25, 0.3) is 0 Å². The quantitative estimate of drug-likeness (QED) is 0.821. The zero-order valence-electron chi connectivity index (χ0n) is 16.4. The number of hydrogen-bond donors (Lipinski definition) is 1. The van der Waals surface area contributed by atoms with Crippen LogP contribution in [0.2, 0.25) is 0 Å². The normalized spacial score (nSPS) is 16.5. The van der Waals surface area contributed by atoms with Gasteiger partial charge in [0, 0.05) is 31.1 Å². The zero-order chi connectivity index (χ0) is 19.6. The molecule has 0 bridgehead atoms. The second-order valence-corrected chi connectivity index (χ2v) is 7.59. The number of anilines is 1. The lowest BCUT2D eigenvalue weighted by atomic mass is 10.1. The molecule has 1 saturated carbocycles. The minimum Gasteiger partial charge on any atom is -0.491 e. The topological polar surface area (TPSA) is 60.0 Å². The fraction of sp³-hybridized carbons (Fsp3) is 0.409. The molecule has 1 aliphatic carbocycles. The van der Waals surface area contributed by atoms with Crippen molar-refractivity contribution in [1.29, 1.82) is 0 Å². The molecule has 0 radical (unpaired) electrons. The van der Waals surface area contributed by atoms with E-state index in [1.165, 1.54) is 0 Å². The van der Waals surface area contributed by atoms with Gasteiger partial charge in [-0.2, -0.15) is 0 Å². The molecular weight excluding hydrogens is 356 g/mol. The molecule has 0 aromatic heterocycles. The van der Waals surface area contributed by atoms with E-state index >= 15 is 0 Å². The minimum absolute atomic E-state index is 0.213. The summed E-state index contributed by atoms with van der Waals surface area (Å²) in [6.45, 7) is 1.29. The van der Waals surface area contributed by atoms with Crippen molar-refractivity contribution in [3.05, 3.63) is 48.0 Å². The van der Waals surface area contributed by atoms with Crippen LogP contribution in [0.4, 0.5) is 5.69 Å². The molecule has 1 aliphatic heterocycles. The van der Waals surface area contributed by atoms with Gasteiger partial charge in [-0.3, -0.25) is 4.79 Å². The average molecular weight is 382 g/mol. The van der Waals surface area contributed by atoms with Crippen molar-refractivity contribution in [1.82, 2.24) is 4.90 Å². The van der Waals surface area contributed by atoms with Gasteiger partial charge in [0.2, 0.25) is 0 Å². The summed E-state index contributed by atoms with van der Waals surface area (Å²) < 4.78 is 17.9. The molecule has 4 rings (SSSR count). The Balaban J connectivity index is 1.45. The molecule has 0 atom stereocenters. The number of fused-ring (bicyclic) bond motifs is 1. The summed E-state index contributed by atoms with van der Waals surface area (Å²) in [6.07, 6.45) is 4.03. The van der Waals surface area contributed by atoms with Crippen molar-refractivity contribution in [2.45, 2.75) is 31.5 Å². The lowest BCUT2D eigenvalue weighted by molar-refractivity contribution is -0.0716. The van der Waals surface area contributed by atoms with Crippen molar-refractivity contribution >= 4 is 11.6 Å². The highest BCUT2D eigenvalue weighted by Gasteiger charge is 2.44. The lowest BCUT2D eigenvalue weighted by Crippen LogP contribution is -2.34. The van der Waals surface area contributed by atoms with Crippen LogP contribution in [0.15, 0.2) is 42.5 Å². The molecule has 0 saturated heterocycles. The maximum atomic E-state index is 12.8. The minimum atomic E-state index is -0.502. The van der Waals surface area contributed by atoms with Crippen molar-refractivity contribution in [3.8, 4) is 17.2 Å². The molecule has 148 valence electrons. The Bertz CT molecular complexity index is 859. The average Bonchev–Trinajstić information content (AvgIpc) is 3.27. The third-order valence-corrected chi connectivity index (χ3v) is 5.09. The van der Waals surface area contributed by atoms with E-state index in [2.05, 4.69) is 5.32 Å². The van der Waals surface area contributed by atoms with E-state index in [1.807, 2.05) is 55.4 Å². The number of para-hydroxylation sites is 1. The number of benzene rings is 2. The van der Waals surface area contributed by atoms with Crippen molar-refractivity contribution < 1.29 is 19.0 Å². The molecule has 6 nitrogen and oxygen atoms in total. The molecule has 1 spiro atoms. The summed E-state index contributed by atoms with van der Waals surface area (Å²) in [5.74, 6) is 1.29. The molecule has 28 heavy (non-hydrogen) atoms. The number of ether oxygens (including phenoxy) is 3. The van der Waals surface area contributed by atoms with Crippen LogP contribution in [0.3, 0.4) is 0 Å². The smallest absolute Gasteiger partial charge is 0.259 e. The Labute approximate surface area is 165 Å². The van der Waals surface area contributed by atoms with E-state index < -0.39 is 5.79 Å². The van der Waals surface area contributed by atoms with Crippen molar-refractivity contribution in [2.75, 3.05) is 32.6 Å². The van der Waals surface area contributed by atoms with Crippen molar-refractivity contribution in [2.24, 2.45) is 0 Å². The number of nitrogens with zero attached hydrogens (tertiary/aromatic N) is 1. The summed E-state index contributed by atoms with van der Waals surface area (Å²) in [6, 6.07) is 12.8. The summed E-state index contributed by atoms with van der Waals surface area (Å²) in [7, 11) is 3.97. The maximum absolute atomic E-state index is 12.8. The molecule has 1 fully saturated rings. The number of rotatable bonds is 6. The Kier molecular flexibility index (Phi) is 5.13. The van der Waals surface area contributed by atoms with Gasteiger partial charge in [0.1, 0.15) is 12.4 Å². The van der Waals surface area contributed by atoms with E-state index in [9.17, 15) is 4.79 Å². The predicted molar refractivity (Wildman–Crippen MR) is 107 cm³/mol. The van der Waals surface area contributed by atoms with Crippen LogP contribution >= 0.6 is 0 Å². The van der Waals surface area contributed by atoms with Gasteiger partial charge in [-0.1, -0.05) is 12.1 Å². The predicted octanol–water partition coefficient (Wildman–Crippen LogP) is 3.92. The summed E-state index contributed by atoms with van der Waals surface area (Å²) in [4.78, 5) is 14.8. The summed E-state index contributed by atoms with van der Waals surface area (Å²) >= 11 is 0. The first-order valence-corrected chi connectivity index (χ1v) is 9.75. The SMILES string of the molecule is CN(C)CCOc1ccccc1C(=O)Nc1ccc2c(c1)OC1(CCCC1)O2. The number of carbonyl (C=O) groups excluding carboxylic acids is 1. The van der Waals surface area contributed by atoms with Crippen LogP contribution < -0.4 is 19.5 Å². The van der Waals surface area contributed by atoms with Crippen molar-refractivity contribution in [3.63, 3.8) is 0 Å². The molecule has 6 heteroatoms. The Hall–Kier alpha value is -2.73. The standard InChI is InChI=1S/C22H26N2O4/c1-24(2)13-14-26-18-8-4-3-7-17(18)21(25)23-16-9-10-19-20(15-16)28-22(27-19)11-5-6-12-22/h3-4,7-10,15H,5-6,11-14H2,1-2H3,(H,23,25). The maximum Gasteiger partial charge on any atom is 0.259 e. The van der Waals surface area contributed by atoms with Crippen LogP contribution in [0, 0.1) is 0 Å². The summed E-state index contributed by atoms with van der Waals surface area (Å²) in [5, 5.41) is 2.94. The first-order chi connectivity index (χ1) is 13.5. The van der Waals surface area contributed by atoms with E-state index in [0.717, 1.165) is 38.0 Å². The monoisotopic (exact) mass is 382 g/mol. The van der Waals surface area contributed by atoms with E-state index in [0.29, 0.717) is 29.4 Å². The molecule has 2 aromatic carbocycles. The van der Waals surface area contributed by atoms with Gasteiger partial charge in [0.15, 0.2) is 11.5 Å². The van der Waals surface area contributed by atoms with E-state index in [4.69, 9.17) is 14.2 Å². The first-order valence-electron chi connectivity index (χ1n) is 9.75. The van der Waals surface area contributed by atoms with Gasteiger partial charge in [-0.25, -0.2) is 0 Å². The molecule has 2 aliphatic rings. The molecule has 2 aromatic rings. The molecule has 1 heterocycles. The molecule has 1 N–H and O–H groups in total. The highest BCUT2D eigenvalue weighted by molar-refractivity contribution is 6.06. The lowest BCUT2D eigenvalue weighted by Gasteiger charge is -2.21. The van der Waals surface area contributed by atoms with Gasteiger partial charge < -0.3 is 24.4 Å². The Morgan fingerprint density at radius 2 is 1.86 bits per heavy atom. The molecular formula is C22H26N2O4. The number of carbonyl (C=O) groups is 1. The third-order valence-electron chi connectivity index (χ3n) is 5.09. The summed E-state index contributed by atoms with van der Waals surface area (Å²) in [5.41, 5.74) is 1.18. The first kappa shape index (κ1) is 18.6. The highest BCUT2D eigenvalue weighted by Crippen LogP contribution is 2.47. The van der Waals surface area contributed by atoms with Crippen LogP contribution in [0.1, 0.15) is 36.0 Å². The van der Waals surface area contributed by atoms with Gasteiger partial charge in [-0.15, -0.1) is 0 Å². The van der Waals surface area contributed by atoms with Gasteiger partial charge >= 0.3 is 0 Å². The molecule has 1 amide bonds. The van der Waals surface area contributed by atoms with Crippen LogP contribution in [0.5, 0.6) is 17.2 Å². The molecule has 0 unspecified atom stereocenters. The number of hydrogen-bond acceptors (Lipinski definition) is 5. The highest BCUT2D eigenvalue weighted by atomic mass is 16.7. The van der Waals surface area contributed by atoms with E-state index in [1.54, 1.807) is 6.07 Å². The second-order valence-electron chi connectivity index (χ2n) is 7.59.